The maximum atomic E-state index is 5.28. The zero-order chi connectivity index (χ0) is 93.5. The molecule has 0 bridgehead atoms. The summed E-state index contributed by atoms with van der Waals surface area (Å²) in [5.74, 6) is 1.98. The molecule has 3 aliphatic rings. The monoisotopic (exact) mass is 1800 g/mol. The van der Waals surface area contributed by atoms with E-state index in [1.165, 1.54) is 16.7 Å². The Balaban J connectivity index is 0.000000112. The number of rotatable bonds is 15. The molecular formula is C126H81N15. The number of fused-ring (bicyclic) bond motifs is 15. The maximum Gasteiger partial charge on any atom is 0.160 e. The smallest absolute Gasteiger partial charge is 0.160 e. The van der Waals surface area contributed by atoms with Crippen LogP contribution in [0.25, 0.3) is 234 Å². The first-order chi connectivity index (χ1) is 69.9. The lowest BCUT2D eigenvalue weighted by Crippen LogP contribution is -2.26. The predicted octanol–water partition coefficient (Wildman–Crippen LogP) is 26.2. The second kappa shape index (κ2) is 36.7. The Morgan fingerprint density at radius 3 is 0.603 bits per heavy atom. The van der Waals surface area contributed by atoms with Crippen molar-refractivity contribution >= 4 is 65.0 Å². The molecule has 24 aromatic rings. The minimum absolute atomic E-state index is 0.367. The van der Waals surface area contributed by atoms with E-state index in [4.69, 9.17) is 74.8 Å². The zero-order valence-corrected chi connectivity index (χ0v) is 76.1. The van der Waals surface area contributed by atoms with E-state index in [1.54, 1.807) is 0 Å². The Kier molecular flexibility index (Phi) is 21.8. The average Bonchev–Trinajstić information content (AvgIpc) is 1.72. The van der Waals surface area contributed by atoms with Gasteiger partial charge in [0.2, 0.25) is 0 Å². The molecule has 0 spiro atoms. The van der Waals surface area contributed by atoms with Gasteiger partial charge in [-0.05, 0) is 88.0 Å². The van der Waals surface area contributed by atoms with E-state index in [0.29, 0.717) is 37.5 Å². The number of nitrogens with zero attached hydrogens (tertiary/aromatic N) is 15. The molecule has 27 rings (SSSR count). The Morgan fingerprint density at radius 2 is 0.326 bits per heavy atom. The Morgan fingerprint density at radius 1 is 0.135 bits per heavy atom. The molecule has 18 aromatic carbocycles. The van der Waals surface area contributed by atoms with Crippen LogP contribution in [0.15, 0.2) is 485 Å². The molecule has 0 saturated heterocycles. The fourth-order valence-corrected chi connectivity index (χ4v) is 19.5. The highest BCUT2D eigenvalue weighted by Gasteiger charge is 2.26. The Bertz CT molecular complexity index is 9280. The Hall–Kier alpha value is -19.0. The van der Waals surface area contributed by atoms with Crippen LogP contribution in [-0.2, 0) is 0 Å². The molecule has 141 heavy (non-hydrogen) atoms. The topological polar surface area (TPSA) is 190 Å². The second-order valence-electron chi connectivity index (χ2n) is 34.8. The molecule has 9 heterocycles. The van der Waals surface area contributed by atoms with Gasteiger partial charge in [-0.25, -0.2) is 44.9 Å². The van der Waals surface area contributed by atoms with Gasteiger partial charge >= 0.3 is 0 Å². The fourth-order valence-electron chi connectivity index (χ4n) is 19.5. The van der Waals surface area contributed by atoms with Crippen LogP contribution in [0.2, 0.25) is 0 Å². The van der Waals surface area contributed by atoms with Gasteiger partial charge in [-0.15, -0.1) is 0 Å². The molecule has 0 fully saturated rings. The number of para-hydroxylation sites is 3. The lowest BCUT2D eigenvalue weighted by molar-refractivity contribution is 1.06. The van der Waals surface area contributed by atoms with Crippen LogP contribution in [-0.4, -0.2) is 64.9 Å². The summed E-state index contributed by atoms with van der Waals surface area (Å²) < 4.78 is 0. The summed E-state index contributed by atoms with van der Waals surface area (Å²) in [4.78, 5) is 76.1. The van der Waals surface area contributed by atoms with Crippen LogP contribution in [0.1, 0.15) is 0 Å². The van der Waals surface area contributed by atoms with Crippen LogP contribution in [0, 0.1) is 0 Å². The molecule has 0 radical (unpaired) electrons. The van der Waals surface area contributed by atoms with Crippen LogP contribution < -0.4 is 32.1 Å². The first-order valence-electron chi connectivity index (χ1n) is 47.1. The summed E-state index contributed by atoms with van der Waals surface area (Å²) in [6.45, 7) is 1.13. The molecule has 15 heteroatoms. The van der Waals surface area contributed by atoms with Gasteiger partial charge in [-0.1, -0.05) is 400 Å². The van der Waals surface area contributed by atoms with E-state index >= 15 is 0 Å². The highest BCUT2D eigenvalue weighted by atomic mass is 15.0. The third-order valence-corrected chi connectivity index (χ3v) is 26.3. The predicted molar refractivity (Wildman–Crippen MR) is 568 cm³/mol. The fraction of sp³-hybridized carbons (Fsp3) is 0.0238. The first-order valence-corrected chi connectivity index (χ1v) is 47.1. The van der Waals surface area contributed by atoms with E-state index in [2.05, 4.69) is 334 Å². The first kappa shape index (κ1) is 83.8. The van der Waals surface area contributed by atoms with Crippen molar-refractivity contribution in [2.75, 3.05) is 20.0 Å². The summed E-state index contributed by atoms with van der Waals surface area (Å²) in [5.41, 5.74) is 29.3. The van der Waals surface area contributed by atoms with Crippen molar-refractivity contribution < 1.29 is 0 Å². The Labute approximate surface area is 810 Å². The molecule has 0 unspecified atom stereocenters. The zero-order valence-electron chi connectivity index (χ0n) is 76.1. The molecule has 0 N–H and O–H groups in total. The normalized spacial score (nSPS) is 12.1. The van der Waals surface area contributed by atoms with E-state index in [1.807, 2.05) is 121 Å². The van der Waals surface area contributed by atoms with Crippen LogP contribution in [0.3, 0.4) is 0 Å². The summed E-state index contributed by atoms with van der Waals surface area (Å²) >= 11 is 0. The van der Waals surface area contributed by atoms with E-state index in [9.17, 15) is 0 Å². The van der Waals surface area contributed by atoms with Gasteiger partial charge in [0.1, 0.15) is 20.0 Å². The highest BCUT2D eigenvalue weighted by Crippen LogP contribution is 2.41. The van der Waals surface area contributed by atoms with E-state index < -0.39 is 0 Å². The standard InChI is InChI=1S/C48H31N5.C42H27N5.C36H23N5/c1-4-12-31(13-5-1)33-20-24-35(25-21-33)42-29-43(53-48(52-42)37-26-22-34(23-27-37)32-14-6-2-7-15-32)39-28-40-44(47-46(39)49-30-50-47)38-18-10-11-19-41(38)51-45(40)36-16-8-3-9-17-36;1-4-12-27(13-5-1)28-20-22-31(23-21-28)42-46-36(29-14-6-2-7-15-29)25-37(47-42)33-24-34-38(41-40(33)43-26-44-41)32-18-10-11-19-35(32)45-39(34)30-16-8-3-9-17-30;1-4-12-23(13-5-1)30-21-31(41-36(40-30)25-16-8-3-9-17-25)27-20-28-32(35-34(27)37-22-38-35)26-18-10-11-19-29(26)39-33(28)24-14-6-2-7-15-24/h1-29H,30H2;1-25H,26H2;1-21H,22H2. The summed E-state index contributed by atoms with van der Waals surface area (Å²) in [6, 6.07) is 156. The van der Waals surface area contributed by atoms with Gasteiger partial charge in [-0.3, -0.25) is 30.0 Å². The minimum Gasteiger partial charge on any atom is -0.259 e. The molecule has 3 aliphatic heterocycles. The van der Waals surface area contributed by atoms with Crippen molar-refractivity contribution in [1.82, 2.24) is 44.9 Å². The molecule has 0 atom stereocenters. The summed E-state index contributed by atoms with van der Waals surface area (Å²) in [7, 11) is 0. The minimum atomic E-state index is 0.367. The van der Waals surface area contributed by atoms with Crippen LogP contribution >= 0.6 is 0 Å². The lowest BCUT2D eigenvalue weighted by atomic mass is 9.95. The van der Waals surface area contributed by atoms with Gasteiger partial charge in [0.05, 0.1) is 99.9 Å². The van der Waals surface area contributed by atoms with E-state index in [0.717, 1.165) is 232 Å². The van der Waals surface area contributed by atoms with Gasteiger partial charge in [0, 0.05) is 115 Å². The molecule has 0 amide bonds. The number of pyridine rings is 3. The number of hydrogen-bond donors (Lipinski definition) is 0. The van der Waals surface area contributed by atoms with Crippen molar-refractivity contribution in [3.8, 4) is 169 Å². The van der Waals surface area contributed by atoms with E-state index in [-0.39, 0.29) is 0 Å². The second-order valence-corrected chi connectivity index (χ2v) is 34.8. The van der Waals surface area contributed by atoms with Crippen LogP contribution in [0.4, 0.5) is 0 Å². The van der Waals surface area contributed by atoms with Gasteiger partial charge < -0.3 is 0 Å². The highest BCUT2D eigenvalue weighted by molar-refractivity contribution is 6.15. The quantitative estimate of drug-likeness (QED) is 0.0899. The lowest BCUT2D eigenvalue weighted by Gasteiger charge is -2.14. The summed E-state index contributed by atoms with van der Waals surface area (Å²) in [5, 5.41) is 14.7. The average molecular weight is 1810 g/mol. The third kappa shape index (κ3) is 16.1. The SMILES string of the molecule is c1ccc(-c2cc(-c3cc4c(-c5ccccc5)nc5ccccc5c4c4c3=NCN=4)nc(-c3ccccc3)n2)cc1.c1ccc(-c2ccc(-c3cc(-c4cc5c(-c6ccccc6)nc6ccccc6c5c5c4=NCN=5)nc(-c4ccc(-c5ccccc5)cc4)n3)cc2)cc1.c1ccc(-c2ccc(-c3nc(-c4ccccc4)cc(-c4cc5c(-c6ccccc6)nc6ccccc6c5c5c4=NCN=5)n3)cc2)cc1. The molecular weight excluding hydrogens is 1720 g/mol. The molecule has 15 nitrogen and oxygen atoms in total. The number of aromatic nitrogens is 9. The third-order valence-electron chi connectivity index (χ3n) is 26.3. The van der Waals surface area contributed by atoms with Crippen LogP contribution in [0.5, 0.6) is 0 Å². The number of hydrogen-bond acceptors (Lipinski definition) is 15. The summed E-state index contributed by atoms with van der Waals surface area (Å²) in [6.07, 6.45) is 0. The van der Waals surface area contributed by atoms with Gasteiger partial charge in [0.25, 0.3) is 0 Å². The molecule has 0 saturated carbocycles. The molecule has 660 valence electrons. The van der Waals surface area contributed by atoms with Gasteiger partial charge in [-0.2, -0.15) is 0 Å². The van der Waals surface area contributed by atoms with Gasteiger partial charge in [0.15, 0.2) is 17.5 Å². The molecule has 0 aliphatic carbocycles. The van der Waals surface area contributed by atoms with Crippen molar-refractivity contribution in [3.63, 3.8) is 0 Å². The number of benzene rings is 18. The molecule has 6 aromatic heterocycles. The maximum absolute atomic E-state index is 5.28. The van der Waals surface area contributed by atoms with Crippen molar-refractivity contribution in [3.05, 3.63) is 487 Å². The van der Waals surface area contributed by atoms with Crippen molar-refractivity contribution in [2.45, 2.75) is 0 Å². The largest absolute Gasteiger partial charge is 0.259 e. The van der Waals surface area contributed by atoms with Crippen molar-refractivity contribution in [2.24, 2.45) is 30.0 Å². The van der Waals surface area contributed by atoms with Crippen molar-refractivity contribution in [1.29, 1.82) is 0 Å².